The maximum atomic E-state index is 8.51. The Morgan fingerprint density at radius 2 is 2.05 bits per heavy atom. The summed E-state index contributed by atoms with van der Waals surface area (Å²) < 4.78 is 11.0. The molecule has 7 heteroatoms. The molecular weight excluding hydrogens is 282 g/mol. The van der Waals surface area contributed by atoms with Gasteiger partial charge in [0.2, 0.25) is 0 Å². The summed E-state index contributed by atoms with van der Waals surface area (Å²) in [6.45, 7) is 3.98. The molecule has 22 heavy (non-hydrogen) atoms. The standard InChI is InChI=1S/C15H25N5O2/c1-3-21-15(22-11-5-4-9-19-2)8-10-20-14(18)7-6-13(17)12-16/h6-7,15,19-20H,3,8-11,17-18H2,1-2H3/b13-6-,14-7+. The van der Waals surface area contributed by atoms with Gasteiger partial charge in [0.05, 0.1) is 12.4 Å². The fourth-order valence-electron chi connectivity index (χ4n) is 1.35. The fourth-order valence-corrected chi connectivity index (χ4v) is 1.35. The SMILES string of the molecule is CCOC(CCN/C(N)=C/C=C(\N)C#N)OCC#CCNC. The summed E-state index contributed by atoms with van der Waals surface area (Å²) in [5.74, 6) is 6.22. The van der Waals surface area contributed by atoms with Gasteiger partial charge in [0.25, 0.3) is 0 Å². The largest absolute Gasteiger partial charge is 0.390 e. The van der Waals surface area contributed by atoms with Gasteiger partial charge >= 0.3 is 0 Å². The van der Waals surface area contributed by atoms with E-state index in [9.17, 15) is 0 Å². The Balaban J connectivity index is 4.10. The Labute approximate surface area is 132 Å². The first kappa shape index (κ1) is 19.8. The molecule has 122 valence electrons. The van der Waals surface area contributed by atoms with E-state index in [2.05, 4.69) is 22.5 Å². The van der Waals surface area contributed by atoms with E-state index in [4.69, 9.17) is 26.2 Å². The minimum absolute atomic E-state index is 0.0976. The van der Waals surface area contributed by atoms with Crippen LogP contribution in [0.1, 0.15) is 13.3 Å². The Morgan fingerprint density at radius 3 is 2.68 bits per heavy atom. The van der Waals surface area contributed by atoms with Gasteiger partial charge in [-0.15, -0.1) is 0 Å². The van der Waals surface area contributed by atoms with Crippen molar-refractivity contribution in [3.05, 3.63) is 23.7 Å². The van der Waals surface area contributed by atoms with Crippen molar-refractivity contribution in [3.8, 4) is 17.9 Å². The average Bonchev–Trinajstić information content (AvgIpc) is 2.52. The zero-order valence-corrected chi connectivity index (χ0v) is 13.2. The second-order valence-corrected chi connectivity index (χ2v) is 4.15. The Bertz CT molecular complexity index is 457. The Morgan fingerprint density at radius 1 is 1.27 bits per heavy atom. The summed E-state index contributed by atoms with van der Waals surface area (Å²) >= 11 is 0. The molecule has 0 aliphatic rings. The third-order valence-electron chi connectivity index (χ3n) is 2.36. The average molecular weight is 307 g/mol. The molecular formula is C15H25N5O2. The monoisotopic (exact) mass is 307 g/mol. The molecule has 0 fully saturated rings. The number of nitrogens with two attached hydrogens (primary N) is 2. The molecule has 1 unspecified atom stereocenters. The van der Waals surface area contributed by atoms with E-state index in [0.29, 0.717) is 38.5 Å². The van der Waals surface area contributed by atoms with Crippen LogP contribution in [0.15, 0.2) is 23.7 Å². The highest BCUT2D eigenvalue weighted by molar-refractivity contribution is 5.23. The molecule has 0 aromatic carbocycles. The smallest absolute Gasteiger partial charge is 0.160 e. The van der Waals surface area contributed by atoms with E-state index < -0.39 is 0 Å². The van der Waals surface area contributed by atoms with Gasteiger partial charge < -0.3 is 31.6 Å². The Hall–Kier alpha value is -2.19. The number of rotatable bonds is 10. The van der Waals surface area contributed by atoms with Gasteiger partial charge in [-0.3, -0.25) is 0 Å². The van der Waals surface area contributed by atoms with Gasteiger partial charge in [-0.25, -0.2) is 0 Å². The summed E-state index contributed by atoms with van der Waals surface area (Å²) in [6.07, 6.45) is 3.26. The van der Waals surface area contributed by atoms with Crippen molar-refractivity contribution < 1.29 is 9.47 Å². The van der Waals surface area contributed by atoms with Gasteiger partial charge in [0, 0.05) is 19.6 Å². The van der Waals surface area contributed by atoms with Crippen LogP contribution in [0.5, 0.6) is 0 Å². The topological polar surface area (TPSA) is 118 Å². The summed E-state index contributed by atoms with van der Waals surface area (Å²) in [5, 5.41) is 14.4. The fraction of sp³-hybridized carbons (Fsp3) is 0.533. The zero-order chi connectivity index (χ0) is 16.6. The lowest BCUT2D eigenvalue weighted by atomic mass is 10.3. The molecule has 0 aliphatic carbocycles. The van der Waals surface area contributed by atoms with Crippen LogP contribution in [-0.4, -0.2) is 39.6 Å². The van der Waals surface area contributed by atoms with E-state index in [1.807, 2.05) is 14.0 Å². The van der Waals surface area contributed by atoms with Crippen molar-refractivity contribution in [3.63, 3.8) is 0 Å². The van der Waals surface area contributed by atoms with Crippen molar-refractivity contribution in [2.45, 2.75) is 19.6 Å². The highest BCUT2D eigenvalue weighted by Crippen LogP contribution is 2.00. The minimum atomic E-state index is -0.339. The molecule has 7 nitrogen and oxygen atoms in total. The highest BCUT2D eigenvalue weighted by Gasteiger charge is 2.07. The molecule has 0 bridgehead atoms. The number of nitriles is 1. The van der Waals surface area contributed by atoms with Crippen molar-refractivity contribution in [2.24, 2.45) is 11.5 Å². The van der Waals surface area contributed by atoms with Crippen LogP contribution in [0.3, 0.4) is 0 Å². The summed E-state index contributed by atoms with van der Waals surface area (Å²) in [6, 6.07) is 1.80. The number of allylic oxidation sites excluding steroid dienone is 3. The predicted molar refractivity (Wildman–Crippen MR) is 85.8 cm³/mol. The maximum Gasteiger partial charge on any atom is 0.160 e. The second-order valence-electron chi connectivity index (χ2n) is 4.15. The number of hydrogen-bond acceptors (Lipinski definition) is 7. The minimum Gasteiger partial charge on any atom is -0.390 e. The highest BCUT2D eigenvalue weighted by atomic mass is 16.7. The lowest BCUT2D eigenvalue weighted by Crippen LogP contribution is -2.27. The van der Waals surface area contributed by atoms with Gasteiger partial charge in [-0.05, 0) is 26.1 Å². The van der Waals surface area contributed by atoms with Gasteiger partial charge in [-0.2, -0.15) is 5.26 Å². The molecule has 0 spiro atoms. The van der Waals surface area contributed by atoms with Crippen LogP contribution in [0.4, 0.5) is 0 Å². The third-order valence-corrected chi connectivity index (χ3v) is 2.36. The molecule has 0 saturated carbocycles. The summed E-state index contributed by atoms with van der Waals surface area (Å²) in [7, 11) is 1.83. The van der Waals surface area contributed by atoms with Crippen molar-refractivity contribution >= 4 is 0 Å². The van der Waals surface area contributed by atoms with Crippen LogP contribution in [0.2, 0.25) is 0 Å². The van der Waals surface area contributed by atoms with Crippen molar-refractivity contribution in [1.29, 1.82) is 5.26 Å². The van der Waals surface area contributed by atoms with Crippen LogP contribution in [-0.2, 0) is 9.47 Å². The summed E-state index contributed by atoms with van der Waals surface area (Å²) in [5.41, 5.74) is 11.2. The molecule has 0 aliphatic heterocycles. The van der Waals surface area contributed by atoms with Gasteiger partial charge in [0.1, 0.15) is 18.4 Å². The summed E-state index contributed by atoms with van der Waals surface area (Å²) in [4.78, 5) is 0. The zero-order valence-electron chi connectivity index (χ0n) is 13.2. The first-order valence-corrected chi connectivity index (χ1v) is 7.04. The number of nitrogens with zero attached hydrogens (tertiary/aromatic N) is 1. The van der Waals surface area contributed by atoms with Gasteiger partial charge in [-0.1, -0.05) is 11.8 Å². The molecule has 0 radical (unpaired) electrons. The molecule has 1 atom stereocenters. The normalized spacial score (nSPS) is 13.0. The van der Waals surface area contributed by atoms with Crippen molar-refractivity contribution in [2.75, 3.05) is 33.4 Å². The molecule has 0 saturated heterocycles. The lowest BCUT2D eigenvalue weighted by Gasteiger charge is -2.17. The first-order chi connectivity index (χ1) is 10.6. The van der Waals surface area contributed by atoms with E-state index in [1.165, 1.54) is 12.2 Å². The third kappa shape index (κ3) is 11.6. The molecule has 0 rings (SSSR count). The van der Waals surface area contributed by atoms with E-state index in [1.54, 1.807) is 6.07 Å². The number of ether oxygens (including phenoxy) is 2. The quantitative estimate of drug-likeness (QED) is 0.190. The predicted octanol–water partition coefficient (Wildman–Crippen LogP) is -0.266. The van der Waals surface area contributed by atoms with Crippen LogP contribution < -0.4 is 22.1 Å². The number of nitrogens with one attached hydrogen (secondary N) is 2. The molecule has 0 amide bonds. The first-order valence-electron chi connectivity index (χ1n) is 7.04. The van der Waals surface area contributed by atoms with E-state index in [0.717, 1.165) is 0 Å². The second kappa shape index (κ2) is 13.8. The van der Waals surface area contributed by atoms with E-state index in [-0.39, 0.29) is 12.0 Å². The van der Waals surface area contributed by atoms with Crippen LogP contribution in [0.25, 0.3) is 0 Å². The van der Waals surface area contributed by atoms with Crippen molar-refractivity contribution in [1.82, 2.24) is 10.6 Å². The van der Waals surface area contributed by atoms with E-state index >= 15 is 0 Å². The molecule has 6 N–H and O–H groups in total. The Kier molecular flexibility index (Phi) is 12.4. The molecule has 0 aromatic rings. The number of hydrogen-bond donors (Lipinski definition) is 4. The van der Waals surface area contributed by atoms with Crippen LogP contribution in [0, 0.1) is 23.2 Å². The van der Waals surface area contributed by atoms with Gasteiger partial charge in [0.15, 0.2) is 6.29 Å². The lowest BCUT2D eigenvalue weighted by molar-refractivity contribution is -0.132. The molecule has 0 aromatic heterocycles. The molecule has 0 heterocycles. The maximum absolute atomic E-state index is 8.51. The van der Waals surface area contributed by atoms with Crippen LogP contribution >= 0.6 is 0 Å².